The van der Waals surface area contributed by atoms with Crippen LogP contribution in [0.15, 0.2) is 41.3 Å². The van der Waals surface area contributed by atoms with E-state index in [4.69, 9.17) is 0 Å². The van der Waals surface area contributed by atoms with Gasteiger partial charge < -0.3 is 0 Å². The minimum atomic E-state index is -4.19. The molecule has 0 amide bonds. The first-order valence-electron chi connectivity index (χ1n) is 6.21. The van der Waals surface area contributed by atoms with E-state index in [0.29, 0.717) is 20.6 Å². The number of aryl methyl sites for hydroxylation is 2. The highest BCUT2D eigenvalue weighted by Gasteiger charge is 2.20. The zero-order valence-electron chi connectivity index (χ0n) is 11.6. The van der Waals surface area contributed by atoms with E-state index in [2.05, 4.69) is 0 Å². The first-order valence-corrected chi connectivity index (χ1v) is 8.65. The van der Waals surface area contributed by atoms with Gasteiger partial charge in [-0.2, -0.15) is 8.42 Å². The second kappa shape index (κ2) is 5.52. The van der Waals surface area contributed by atoms with Gasteiger partial charge in [0.05, 0.1) is 4.90 Å². The first kappa shape index (κ1) is 15.0. The third-order valence-corrected chi connectivity index (χ3v) is 5.99. The normalized spacial score (nSPS) is 11.6. The molecular weight excluding hydrogens is 288 g/mol. The lowest BCUT2D eigenvalue weighted by atomic mass is 10.1. The molecule has 20 heavy (non-hydrogen) atoms. The molecule has 0 saturated heterocycles. The van der Waals surface area contributed by atoms with Crippen molar-refractivity contribution >= 4 is 30.0 Å². The summed E-state index contributed by atoms with van der Waals surface area (Å²) < 4.78 is 32.5. The maximum Gasteiger partial charge on any atom is 0.295 e. The summed E-state index contributed by atoms with van der Waals surface area (Å²) in [5.41, 5.74) is 2.28. The predicted octanol–water partition coefficient (Wildman–Crippen LogP) is 1.51. The number of rotatable bonds is 3. The second-order valence-electron chi connectivity index (χ2n) is 4.81. The highest BCUT2D eigenvalue weighted by atomic mass is 32.2. The van der Waals surface area contributed by atoms with Crippen molar-refractivity contribution in [3.63, 3.8) is 0 Å². The lowest BCUT2D eigenvalue weighted by molar-refractivity contribution is 0.482. The van der Waals surface area contributed by atoms with Crippen LogP contribution in [0.3, 0.4) is 0 Å². The van der Waals surface area contributed by atoms with Crippen molar-refractivity contribution in [2.75, 3.05) is 0 Å². The van der Waals surface area contributed by atoms with Crippen LogP contribution < -0.4 is 10.4 Å². The van der Waals surface area contributed by atoms with Crippen LogP contribution >= 0.6 is 0 Å². The summed E-state index contributed by atoms with van der Waals surface area (Å²) in [6, 6.07) is 11.7. The van der Waals surface area contributed by atoms with Crippen LogP contribution in [0.1, 0.15) is 16.7 Å². The van der Waals surface area contributed by atoms with Gasteiger partial charge in [-0.05, 0) is 31.9 Å². The van der Waals surface area contributed by atoms with E-state index in [1.54, 1.807) is 13.8 Å². The molecule has 2 aromatic rings. The minimum Gasteiger partial charge on any atom is -0.282 e. The van der Waals surface area contributed by atoms with Gasteiger partial charge in [-0.25, -0.2) is 0 Å². The summed E-state index contributed by atoms with van der Waals surface area (Å²) in [6.07, 6.45) is 0. The van der Waals surface area contributed by atoms with Gasteiger partial charge in [0.25, 0.3) is 10.1 Å². The van der Waals surface area contributed by atoms with E-state index in [0.717, 1.165) is 15.9 Å². The lowest BCUT2D eigenvalue weighted by Crippen LogP contribution is -2.32. The molecule has 3 nitrogen and oxygen atoms in total. The molecule has 2 rings (SSSR count). The fraction of sp³-hybridized carbons (Fsp3) is 0.200. The topological polar surface area (TPSA) is 54.4 Å². The van der Waals surface area contributed by atoms with Crippen LogP contribution in [-0.2, 0) is 10.1 Å². The molecule has 0 saturated carbocycles. The standard InChI is InChI=1S/C15H16O3SSi/c1-10-9-11(2)15(12(3)14(10)19(16,17)18)20-13-7-5-4-6-8-13/h4-9H,1-3H3,(H,16,17,18). The smallest absolute Gasteiger partial charge is 0.282 e. The molecule has 0 atom stereocenters. The van der Waals surface area contributed by atoms with Crippen molar-refractivity contribution < 1.29 is 13.0 Å². The number of benzene rings is 2. The van der Waals surface area contributed by atoms with Crippen molar-refractivity contribution in [2.24, 2.45) is 0 Å². The molecule has 0 spiro atoms. The molecule has 2 radical (unpaired) electrons. The van der Waals surface area contributed by atoms with Gasteiger partial charge in [0.2, 0.25) is 0 Å². The molecule has 0 aliphatic heterocycles. The van der Waals surface area contributed by atoms with Gasteiger partial charge in [0.15, 0.2) is 0 Å². The Kier molecular flexibility index (Phi) is 4.13. The minimum absolute atomic E-state index is 0.0431. The number of hydrogen-bond acceptors (Lipinski definition) is 2. The van der Waals surface area contributed by atoms with Crippen LogP contribution in [0.4, 0.5) is 0 Å². The zero-order chi connectivity index (χ0) is 14.9. The van der Waals surface area contributed by atoms with Crippen molar-refractivity contribution in [3.05, 3.63) is 53.1 Å². The van der Waals surface area contributed by atoms with Crippen LogP contribution in [0, 0.1) is 20.8 Å². The van der Waals surface area contributed by atoms with Gasteiger partial charge in [0.1, 0.15) is 9.52 Å². The summed E-state index contributed by atoms with van der Waals surface area (Å²) >= 11 is 0. The second-order valence-corrected chi connectivity index (χ2v) is 7.49. The van der Waals surface area contributed by atoms with E-state index in [1.807, 2.05) is 43.3 Å². The predicted molar refractivity (Wildman–Crippen MR) is 81.9 cm³/mol. The lowest BCUT2D eigenvalue weighted by Gasteiger charge is -2.15. The van der Waals surface area contributed by atoms with Gasteiger partial charge in [0, 0.05) is 0 Å². The molecule has 0 aliphatic carbocycles. The Hall–Kier alpha value is -1.43. The molecule has 1 N–H and O–H groups in total. The highest BCUT2D eigenvalue weighted by Crippen LogP contribution is 2.19. The third kappa shape index (κ3) is 3.00. The Balaban J connectivity index is 2.60. The molecule has 2 aromatic carbocycles. The summed E-state index contributed by atoms with van der Waals surface area (Å²) in [7, 11) is -3.82. The van der Waals surface area contributed by atoms with Crippen molar-refractivity contribution in [1.82, 2.24) is 0 Å². The Bertz CT molecular complexity index is 737. The summed E-state index contributed by atoms with van der Waals surface area (Å²) in [5, 5.41) is 2.12. The van der Waals surface area contributed by atoms with Crippen molar-refractivity contribution in [3.8, 4) is 0 Å². The van der Waals surface area contributed by atoms with Crippen molar-refractivity contribution in [2.45, 2.75) is 25.7 Å². The monoisotopic (exact) mass is 304 g/mol. The van der Waals surface area contributed by atoms with Gasteiger partial charge in [-0.15, -0.1) is 0 Å². The van der Waals surface area contributed by atoms with E-state index in [1.165, 1.54) is 0 Å². The fourth-order valence-corrected chi connectivity index (χ4v) is 4.70. The molecule has 0 heterocycles. The molecule has 0 fully saturated rings. The maximum absolute atomic E-state index is 11.5. The zero-order valence-corrected chi connectivity index (χ0v) is 13.5. The molecule has 0 aromatic heterocycles. The van der Waals surface area contributed by atoms with E-state index in [9.17, 15) is 13.0 Å². The molecule has 0 unspecified atom stereocenters. The SMILES string of the molecule is Cc1cc(C)c(S(=O)(=O)O)c(C)c1[Si]c1ccccc1. The average molecular weight is 304 g/mol. The first-order chi connectivity index (χ1) is 9.30. The molecule has 104 valence electrons. The van der Waals surface area contributed by atoms with Crippen LogP contribution in [-0.4, -0.2) is 22.5 Å². The van der Waals surface area contributed by atoms with E-state index in [-0.39, 0.29) is 4.90 Å². The molecule has 0 aliphatic rings. The Morgan fingerprint density at radius 1 is 1.00 bits per heavy atom. The van der Waals surface area contributed by atoms with Gasteiger partial charge >= 0.3 is 0 Å². The van der Waals surface area contributed by atoms with Crippen LogP contribution in [0.2, 0.25) is 0 Å². The summed E-state index contributed by atoms with van der Waals surface area (Å²) in [4.78, 5) is 0.0431. The third-order valence-electron chi connectivity index (χ3n) is 3.20. The largest absolute Gasteiger partial charge is 0.295 e. The summed E-state index contributed by atoms with van der Waals surface area (Å²) in [5.74, 6) is 0. The number of hydrogen-bond donors (Lipinski definition) is 1. The Morgan fingerprint density at radius 2 is 1.60 bits per heavy atom. The molecule has 5 heteroatoms. The van der Waals surface area contributed by atoms with Crippen LogP contribution in [0.5, 0.6) is 0 Å². The summed E-state index contributed by atoms with van der Waals surface area (Å²) in [6.45, 7) is 5.44. The fourth-order valence-electron chi connectivity index (χ4n) is 2.42. The average Bonchev–Trinajstić information content (AvgIpc) is 2.33. The van der Waals surface area contributed by atoms with Crippen LogP contribution in [0.25, 0.3) is 0 Å². The van der Waals surface area contributed by atoms with Gasteiger partial charge in [-0.1, -0.05) is 52.3 Å². The Morgan fingerprint density at radius 3 is 2.15 bits per heavy atom. The molecular formula is C15H16O3SSi. The maximum atomic E-state index is 11.5. The van der Waals surface area contributed by atoms with Gasteiger partial charge in [-0.3, -0.25) is 4.55 Å². The van der Waals surface area contributed by atoms with Crippen molar-refractivity contribution in [1.29, 1.82) is 0 Å². The Labute approximate surface area is 122 Å². The van der Waals surface area contributed by atoms with E-state index >= 15 is 0 Å². The molecule has 0 bridgehead atoms. The highest BCUT2D eigenvalue weighted by molar-refractivity contribution is 7.86. The van der Waals surface area contributed by atoms with E-state index < -0.39 is 10.1 Å². The quantitative estimate of drug-likeness (QED) is 0.691.